The minimum absolute atomic E-state index is 0.0199. The summed E-state index contributed by atoms with van der Waals surface area (Å²) in [7, 11) is 0. The SMILES string of the molecule is Cc1ccc(C)c(C(O)=C2C(=O)C(=O)N(c3nnc(SCc4ccccc4Cl)s3)C2c2ccc(Br)cc2)c1. The minimum atomic E-state index is -0.864. The van der Waals surface area contributed by atoms with Crippen LogP contribution in [0.2, 0.25) is 5.02 Å². The fraction of sp³-hybridized carbons (Fsp3) is 0.143. The van der Waals surface area contributed by atoms with Gasteiger partial charge in [0.2, 0.25) is 5.13 Å². The number of hydrogen-bond acceptors (Lipinski definition) is 7. The molecule has 6 nitrogen and oxygen atoms in total. The van der Waals surface area contributed by atoms with Gasteiger partial charge in [-0.15, -0.1) is 10.2 Å². The van der Waals surface area contributed by atoms with Crippen molar-refractivity contribution in [1.82, 2.24) is 10.2 Å². The third-order valence-corrected chi connectivity index (χ3v) is 9.19. The summed E-state index contributed by atoms with van der Waals surface area (Å²) in [4.78, 5) is 28.2. The molecule has 0 aliphatic carbocycles. The first-order valence-electron chi connectivity index (χ1n) is 11.6. The molecule has 192 valence electrons. The summed E-state index contributed by atoms with van der Waals surface area (Å²) in [6.07, 6.45) is 0. The molecule has 4 aromatic rings. The summed E-state index contributed by atoms with van der Waals surface area (Å²) in [6, 6.07) is 19.6. The summed E-state index contributed by atoms with van der Waals surface area (Å²) in [5.41, 5.74) is 3.88. The van der Waals surface area contributed by atoms with E-state index in [0.717, 1.165) is 21.2 Å². The van der Waals surface area contributed by atoms with Crippen LogP contribution in [0.4, 0.5) is 5.13 Å². The van der Waals surface area contributed by atoms with E-state index < -0.39 is 17.7 Å². The number of rotatable bonds is 6. The summed E-state index contributed by atoms with van der Waals surface area (Å²) in [5.74, 6) is -1.16. The second-order valence-electron chi connectivity index (χ2n) is 8.77. The Morgan fingerprint density at radius 3 is 2.55 bits per heavy atom. The molecule has 1 aromatic heterocycles. The van der Waals surface area contributed by atoms with Crippen molar-refractivity contribution < 1.29 is 14.7 Å². The highest BCUT2D eigenvalue weighted by atomic mass is 79.9. The van der Waals surface area contributed by atoms with Crippen molar-refractivity contribution in [2.75, 3.05) is 4.90 Å². The lowest BCUT2D eigenvalue weighted by atomic mass is 9.93. The van der Waals surface area contributed by atoms with Gasteiger partial charge in [-0.05, 0) is 54.8 Å². The van der Waals surface area contributed by atoms with E-state index >= 15 is 0 Å². The van der Waals surface area contributed by atoms with Crippen molar-refractivity contribution in [1.29, 1.82) is 0 Å². The number of carbonyl (C=O) groups is 2. The molecular formula is C28H21BrClN3O3S2. The Labute approximate surface area is 241 Å². The van der Waals surface area contributed by atoms with E-state index in [1.807, 2.05) is 80.6 Å². The average Bonchev–Trinajstić information content (AvgIpc) is 3.47. The highest BCUT2D eigenvalue weighted by molar-refractivity contribution is 9.10. The van der Waals surface area contributed by atoms with Crippen molar-refractivity contribution in [3.05, 3.63) is 110 Å². The summed E-state index contributed by atoms with van der Waals surface area (Å²) >= 11 is 12.4. The fourth-order valence-electron chi connectivity index (χ4n) is 4.24. The van der Waals surface area contributed by atoms with Gasteiger partial charge in [0.1, 0.15) is 5.76 Å². The number of halogens is 2. The topological polar surface area (TPSA) is 83.4 Å². The van der Waals surface area contributed by atoms with Crippen LogP contribution < -0.4 is 4.90 Å². The zero-order valence-corrected chi connectivity index (χ0v) is 24.3. The molecule has 1 atom stereocenters. The normalized spacial score (nSPS) is 16.8. The fourth-order valence-corrected chi connectivity index (χ4v) is 6.66. The first-order chi connectivity index (χ1) is 18.2. The van der Waals surface area contributed by atoms with Crippen LogP contribution in [-0.2, 0) is 15.3 Å². The molecule has 1 aliphatic heterocycles. The molecule has 1 saturated heterocycles. The third kappa shape index (κ3) is 5.16. The standard InChI is InChI=1S/C28H21BrClN3O3S2/c1-15-7-8-16(2)20(13-15)24(34)22-23(17-9-11-19(29)12-10-17)33(26(36)25(22)35)27-31-32-28(38-27)37-14-18-5-3-4-6-21(18)30/h3-13,23,34H,14H2,1-2H3. The molecule has 5 rings (SSSR count). The molecule has 1 amide bonds. The number of ketones is 1. The smallest absolute Gasteiger partial charge is 0.301 e. The van der Waals surface area contributed by atoms with Crippen molar-refractivity contribution in [2.24, 2.45) is 0 Å². The maximum Gasteiger partial charge on any atom is 0.301 e. The van der Waals surface area contributed by atoms with Gasteiger partial charge >= 0.3 is 5.91 Å². The lowest BCUT2D eigenvalue weighted by Gasteiger charge is -2.22. The van der Waals surface area contributed by atoms with Gasteiger partial charge in [-0.1, -0.05) is 98.7 Å². The number of benzene rings is 3. The van der Waals surface area contributed by atoms with Crippen LogP contribution in [0.15, 0.2) is 81.1 Å². The Hall–Kier alpha value is -2.98. The number of amides is 1. The molecule has 3 aromatic carbocycles. The van der Waals surface area contributed by atoms with Crippen LogP contribution in [0.3, 0.4) is 0 Å². The molecule has 2 heterocycles. The van der Waals surface area contributed by atoms with Gasteiger partial charge < -0.3 is 5.11 Å². The van der Waals surface area contributed by atoms with Crippen molar-refractivity contribution in [3.8, 4) is 0 Å². The Bertz CT molecular complexity index is 1590. The molecule has 0 spiro atoms. The molecule has 1 unspecified atom stereocenters. The number of thioether (sulfide) groups is 1. The maximum absolute atomic E-state index is 13.4. The predicted octanol–water partition coefficient (Wildman–Crippen LogP) is 7.49. The first kappa shape index (κ1) is 26.6. The van der Waals surface area contributed by atoms with E-state index in [9.17, 15) is 14.7 Å². The number of aliphatic hydroxyl groups excluding tert-OH is 1. The minimum Gasteiger partial charge on any atom is -0.507 e. The Morgan fingerprint density at radius 2 is 1.82 bits per heavy atom. The van der Waals surface area contributed by atoms with Crippen LogP contribution in [-0.4, -0.2) is 27.0 Å². The quantitative estimate of drug-likeness (QED) is 0.0785. The van der Waals surface area contributed by atoms with Crippen LogP contribution in [0.5, 0.6) is 0 Å². The van der Waals surface area contributed by atoms with Crippen molar-refractivity contribution >= 4 is 73.2 Å². The van der Waals surface area contributed by atoms with Gasteiger partial charge in [0.05, 0.1) is 11.6 Å². The molecular weight excluding hydrogens is 606 g/mol. The Balaban J connectivity index is 1.57. The molecule has 38 heavy (non-hydrogen) atoms. The monoisotopic (exact) mass is 625 g/mol. The van der Waals surface area contributed by atoms with E-state index in [4.69, 9.17) is 11.6 Å². The lowest BCUT2D eigenvalue weighted by Crippen LogP contribution is -2.29. The number of nitrogens with zero attached hydrogens (tertiary/aromatic N) is 3. The molecule has 0 radical (unpaired) electrons. The van der Waals surface area contributed by atoms with Gasteiger partial charge in [0, 0.05) is 20.8 Å². The number of aliphatic hydroxyl groups is 1. The molecule has 10 heteroatoms. The van der Waals surface area contributed by atoms with Gasteiger partial charge in [-0.3, -0.25) is 14.5 Å². The van der Waals surface area contributed by atoms with E-state index in [1.165, 1.54) is 28.0 Å². The highest BCUT2D eigenvalue weighted by Gasteiger charge is 2.48. The van der Waals surface area contributed by atoms with Gasteiger partial charge in [0.25, 0.3) is 5.78 Å². The van der Waals surface area contributed by atoms with Gasteiger partial charge in [-0.25, -0.2) is 0 Å². The van der Waals surface area contributed by atoms with Crippen LogP contribution in [0, 0.1) is 13.8 Å². The largest absolute Gasteiger partial charge is 0.507 e. The lowest BCUT2D eigenvalue weighted by molar-refractivity contribution is -0.132. The van der Waals surface area contributed by atoms with Crippen molar-refractivity contribution in [3.63, 3.8) is 0 Å². The molecule has 0 bridgehead atoms. The summed E-state index contributed by atoms with van der Waals surface area (Å²) < 4.78 is 1.48. The van der Waals surface area contributed by atoms with E-state index in [2.05, 4.69) is 26.1 Å². The Morgan fingerprint density at radius 1 is 1.08 bits per heavy atom. The van der Waals surface area contributed by atoms with Crippen LogP contribution in [0.25, 0.3) is 5.76 Å². The highest BCUT2D eigenvalue weighted by Crippen LogP contribution is 2.44. The van der Waals surface area contributed by atoms with E-state index in [0.29, 0.717) is 26.2 Å². The summed E-state index contributed by atoms with van der Waals surface area (Å²) in [6.45, 7) is 3.76. The number of anilines is 1. The maximum atomic E-state index is 13.4. The van der Waals surface area contributed by atoms with Crippen molar-refractivity contribution in [2.45, 2.75) is 30.0 Å². The van der Waals surface area contributed by atoms with E-state index in [1.54, 1.807) is 0 Å². The second kappa shape index (κ2) is 11.0. The zero-order chi connectivity index (χ0) is 27.0. The molecule has 0 saturated carbocycles. The van der Waals surface area contributed by atoms with Crippen LogP contribution >= 0.6 is 50.6 Å². The average molecular weight is 627 g/mol. The number of hydrogen-bond donors (Lipinski definition) is 1. The number of aromatic nitrogens is 2. The second-order valence-corrected chi connectivity index (χ2v) is 12.3. The zero-order valence-electron chi connectivity index (χ0n) is 20.3. The third-order valence-electron chi connectivity index (χ3n) is 6.19. The number of aryl methyl sites for hydroxylation is 2. The molecule has 1 N–H and O–H groups in total. The first-order valence-corrected chi connectivity index (χ1v) is 14.6. The van der Waals surface area contributed by atoms with Gasteiger partial charge in [-0.2, -0.15) is 0 Å². The Kier molecular flexibility index (Phi) is 7.72. The number of Topliss-reactive ketones (excluding diaryl/α,β-unsaturated/α-hetero) is 1. The predicted molar refractivity (Wildman–Crippen MR) is 156 cm³/mol. The van der Waals surface area contributed by atoms with Crippen LogP contribution in [0.1, 0.15) is 33.9 Å². The molecule has 1 aliphatic rings. The van der Waals surface area contributed by atoms with E-state index in [-0.39, 0.29) is 16.5 Å². The van der Waals surface area contributed by atoms with Gasteiger partial charge in [0.15, 0.2) is 4.34 Å². The summed E-state index contributed by atoms with van der Waals surface area (Å²) in [5, 5.41) is 20.9. The molecule has 1 fully saturated rings. The number of carbonyl (C=O) groups excluding carboxylic acids is 2.